The van der Waals surface area contributed by atoms with Crippen LogP contribution in [0, 0.1) is 10.1 Å². The van der Waals surface area contributed by atoms with Crippen molar-refractivity contribution in [3.05, 3.63) is 39.9 Å². The van der Waals surface area contributed by atoms with Gasteiger partial charge in [0, 0.05) is 37.5 Å². The van der Waals surface area contributed by atoms with E-state index in [1.165, 1.54) is 12.1 Å². The van der Waals surface area contributed by atoms with Gasteiger partial charge in [0.1, 0.15) is 0 Å². The van der Waals surface area contributed by atoms with Gasteiger partial charge in [0.2, 0.25) is 0 Å². The summed E-state index contributed by atoms with van der Waals surface area (Å²) in [4.78, 5) is 10.4. The van der Waals surface area contributed by atoms with Crippen molar-refractivity contribution in [2.75, 3.05) is 19.8 Å². The molecule has 0 N–H and O–H groups in total. The standard InChI is InChI=1S/C13H19NO5/c1-4-17-13(18-5-2,19-6-3)11-8-7-9-12(10-11)14(15)16/h7-10H,4-6H2,1-3H3. The zero-order valence-corrected chi connectivity index (χ0v) is 11.4. The lowest BCUT2D eigenvalue weighted by Crippen LogP contribution is -2.36. The van der Waals surface area contributed by atoms with Crippen molar-refractivity contribution < 1.29 is 19.1 Å². The van der Waals surface area contributed by atoms with E-state index in [1.807, 2.05) is 20.8 Å². The van der Waals surface area contributed by atoms with Gasteiger partial charge in [-0.05, 0) is 20.8 Å². The summed E-state index contributed by atoms with van der Waals surface area (Å²) in [6.07, 6.45) is 0. The minimum absolute atomic E-state index is 0.0269. The Balaban J connectivity index is 3.21. The second-order valence-electron chi connectivity index (χ2n) is 3.66. The fraction of sp³-hybridized carbons (Fsp3) is 0.538. The molecule has 6 heteroatoms. The third-order valence-electron chi connectivity index (χ3n) is 2.41. The van der Waals surface area contributed by atoms with Crippen LogP contribution in [0.15, 0.2) is 24.3 Å². The molecule has 0 aliphatic heterocycles. The number of rotatable bonds is 8. The van der Waals surface area contributed by atoms with Gasteiger partial charge in [0.05, 0.1) is 4.92 Å². The van der Waals surface area contributed by atoms with Crippen LogP contribution in [0.5, 0.6) is 0 Å². The molecule has 0 unspecified atom stereocenters. The second kappa shape index (κ2) is 7.18. The van der Waals surface area contributed by atoms with Crippen LogP contribution in [0.25, 0.3) is 0 Å². The van der Waals surface area contributed by atoms with Gasteiger partial charge >= 0.3 is 5.97 Å². The van der Waals surface area contributed by atoms with Gasteiger partial charge in [0.15, 0.2) is 0 Å². The molecule has 0 saturated carbocycles. The van der Waals surface area contributed by atoms with Gasteiger partial charge in [-0.1, -0.05) is 12.1 Å². The maximum Gasteiger partial charge on any atom is 0.312 e. The molecule has 6 nitrogen and oxygen atoms in total. The molecular formula is C13H19NO5. The number of hydrogen-bond acceptors (Lipinski definition) is 5. The van der Waals surface area contributed by atoms with E-state index in [2.05, 4.69) is 0 Å². The van der Waals surface area contributed by atoms with Crippen molar-refractivity contribution in [1.82, 2.24) is 0 Å². The van der Waals surface area contributed by atoms with E-state index in [0.29, 0.717) is 25.4 Å². The van der Waals surface area contributed by atoms with E-state index in [-0.39, 0.29) is 5.69 Å². The summed E-state index contributed by atoms with van der Waals surface area (Å²) in [6, 6.07) is 6.09. The lowest BCUT2D eigenvalue weighted by Gasteiger charge is -2.32. The van der Waals surface area contributed by atoms with Crippen molar-refractivity contribution in [1.29, 1.82) is 0 Å². The van der Waals surface area contributed by atoms with Crippen LogP contribution < -0.4 is 0 Å². The predicted octanol–water partition coefficient (Wildman–Crippen LogP) is 2.81. The maximum atomic E-state index is 10.8. The first-order valence-electron chi connectivity index (χ1n) is 6.26. The van der Waals surface area contributed by atoms with E-state index < -0.39 is 10.9 Å². The maximum absolute atomic E-state index is 10.8. The molecule has 0 spiro atoms. The smallest absolute Gasteiger partial charge is 0.312 e. The molecule has 106 valence electrons. The Hall–Kier alpha value is -1.50. The third-order valence-corrected chi connectivity index (χ3v) is 2.41. The molecule has 0 radical (unpaired) electrons. The summed E-state index contributed by atoms with van der Waals surface area (Å²) >= 11 is 0. The number of hydrogen-bond donors (Lipinski definition) is 0. The molecule has 0 bridgehead atoms. The van der Waals surface area contributed by atoms with E-state index in [4.69, 9.17) is 14.2 Å². The van der Waals surface area contributed by atoms with Crippen LogP contribution in [0.3, 0.4) is 0 Å². The van der Waals surface area contributed by atoms with E-state index >= 15 is 0 Å². The minimum atomic E-state index is -1.38. The van der Waals surface area contributed by atoms with Crippen molar-refractivity contribution >= 4 is 5.69 Å². The Morgan fingerprint density at radius 2 is 1.63 bits per heavy atom. The molecule has 1 aromatic carbocycles. The summed E-state index contributed by atoms with van der Waals surface area (Å²) in [5.41, 5.74) is 0.452. The molecular weight excluding hydrogens is 250 g/mol. The number of nitrogens with zero attached hydrogens (tertiary/aromatic N) is 1. The SMILES string of the molecule is CCOC(OCC)(OCC)c1cccc([N+](=O)[O-])c1. The minimum Gasteiger partial charge on any atom is -0.324 e. The highest BCUT2D eigenvalue weighted by atomic mass is 16.9. The lowest BCUT2D eigenvalue weighted by atomic mass is 10.1. The zero-order chi connectivity index (χ0) is 14.3. The van der Waals surface area contributed by atoms with E-state index in [9.17, 15) is 10.1 Å². The second-order valence-corrected chi connectivity index (χ2v) is 3.66. The van der Waals surface area contributed by atoms with Gasteiger partial charge in [-0.25, -0.2) is 0 Å². The highest BCUT2D eigenvalue weighted by Gasteiger charge is 2.36. The van der Waals surface area contributed by atoms with Crippen LogP contribution in [0.4, 0.5) is 5.69 Å². The first kappa shape index (κ1) is 15.6. The average Bonchev–Trinajstić information content (AvgIpc) is 2.39. The molecule has 19 heavy (non-hydrogen) atoms. The average molecular weight is 269 g/mol. The van der Waals surface area contributed by atoms with Crippen LogP contribution in [0.2, 0.25) is 0 Å². The molecule has 0 atom stereocenters. The van der Waals surface area contributed by atoms with Gasteiger partial charge in [-0.15, -0.1) is 0 Å². The van der Waals surface area contributed by atoms with Crippen LogP contribution >= 0.6 is 0 Å². The van der Waals surface area contributed by atoms with Crippen LogP contribution in [-0.4, -0.2) is 24.7 Å². The number of benzene rings is 1. The highest BCUT2D eigenvalue weighted by Crippen LogP contribution is 2.31. The monoisotopic (exact) mass is 269 g/mol. The van der Waals surface area contributed by atoms with Gasteiger partial charge in [-0.2, -0.15) is 0 Å². The molecule has 0 aliphatic carbocycles. The van der Waals surface area contributed by atoms with Crippen molar-refractivity contribution in [2.24, 2.45) is 0 Å². The molecule has 0 saturated heterocycles. The summed E-state index contributed by atoms with van der Waals surface area (Å²) in [7, 11) is 0. The molecule has 1 rings (SSSR count). The first-order chi connectivity index (χ1) is 9.09. The molecule has 0 heterocycles. The number of ether oxygens (including phenoxy) is 3. The third kappa shape index (κ3) is 3.73. The molecule has 0 fully saturated rings. The largest absolute Gasteiger partial charge is 0.324 e. The number of nitro groups is 1. The van der Waals surface area contributed by atoms with Crippen molar-refractivity contribution in [3.63, 3.8) is 0 Å². The fourth-order valence-corrected chi connectivity index (χ4v) is 1.75. The fourth-order valence-electron chi connectivity index (χ4n) is 1.75. The van der Waals surface area contributed by atoms with Crippen LogP contribution in [0.1, 0.15) is 26.3 Å². The molecule has 1 aromatic rings. The van der Waals surface area contributed by atoms with E-state index in [0.717, 1.165) is 0 Å². The normalized spacial score (nSPS) is 11.5. The Labute approximate surface area is 112 Å². The number of nitro benzene ring substituents is 1. The van der Waals surface area contributed by atoms with Gasteiger partial charge in [0.25, 0.3) is 5.69 Å². The number of non-ortho nitro benzene ring substituents is 1. The quantitative estimate of drug-likeness (QED) is 0.412. The van der Waals surface area contributed by atoms with Crippen molar-refractivity contribution in [2.45, 2.75) is 26.7 Å². The predicted molar refractivity (Wildman–Crippen MR) is 69.7 cm³/mol. The van der Waals surface area contributed by atoms with E-state index in [1.54, 1.807) is 12.1 Å². The molecule has 0 aromatic heterocycles. The molecule has 0 aliphatic rings. The Kier molecular flexibility index (Phi) is 5.88. The summed E-state index contributed by atoms with van der Waals surface area (Å²) in [5.74, 6) is -1.38. The molecule has 0 amide bonds. The van der Waals surface area contributed by atoms with Gasteiger partial charge in [-0.3, -0.25) is 10.1 Å². The van der Waals surface area contributed by atoms with Crippen molar-refractivity contribution in [3.8, 4) is 0 Å². The highest BCUT2D eigenvalue weighted by molar-refractivity contribution is 5.35. The van der Waals surface area contributed by atoms with Gasteiger partial charge < -0.3 is 14.2 Å². The first-order valence-corrected chi connectivity index (χ1v) is 6.26. The summed E-state index contributed by atoms with van der Waals surface area (Å²) < 4.78 is 16.7. The Morgan fingerprint density at radius 3 is 2.05 bits per heavy atom. The summed E-state index contributed by atoms with van der Waals surface area (Å²) in [6.45, 7) is 6.52. The zero-order valence-electron chi connectivity index (χ0n) is 11.4. The van der Waals surface area contributed by atoms with Crippen LogP contribution in [-0.2, 0) is 20.2 Å². The Morgan fingerprint density at radius 1 is 1.11 bits per heavy atom. The topological polar surface area (TPSA) is 70.8 Å². The lowest BCUT2D eigenvalue weighted by molar-refractivity contribution is -0.394. The summed E-state index contributed by atoms with van der Waals surface area (Å²) in [5, 5.41) is 10.8. The Bertz CT molecular complexity index is 404.